The number of nitrogens with one attached hydrogen (secondary N) is 1. The molecular weight excluding hydrogens is 325 g/mol. The lowest BCUT2D eigenvalue weighted by Gasteiger charge is -2.22. The summed E-state index contributed by atoms with van der Waals surface area (Å²) in [6.45, 7) is 0. The summed E-state index contributed by atoms with van der Waals surface area (Å²) in [5, 5.41) is 21.2. The van der Waals surface area contributed by atoms with E-state index in [9.17, 15) is 9.90 Å². The van der Waals surface area contributed by atoms with Crippen LogP contribution in [0.4, 0.5) is 5.82 Å². The van der Waals surface area contributed by atoms with Gasteiger partial charge in [-0.05, 0) is 46.7 Å². The Kier molecular flexibility index (Phi) is 4.63. The van der Waals surface area contributed by atoms with Crippen LogP contribution in [0.15, 0.2) is 53.5 Å². The highest BCUT2D eigenvalue weighted by Gasteiger charge is 2.15. The first kappa shape index (κ1) is 17.9. The fourth-order valence-electron chi connectivity index (χ4n) is 2.75. The Hall–Kier alpha value is -2.96. The summed E-state index contributed by atoms with van der Waals surface area (Å²) in [6, 6.07) is 12.3. The van der Waals surface area contributed by atoms with Crippen molar-refractivity contribution >= 4 is 29.4 Å². The zero-order valence-electron chi connectivity index (χ0n) is 15.3. The summed E-state index contributed by atoms with van der Waals surface area (Å²) >= 11 is 0. The molecule has 2 heterocycles. The molecule has 0 fully saturated rings. The molecule has 0 aliphatic carbocycles. The van der Waals surface area contributed by atoms with Crippen molar-refractivity contribution in [1.82, 2.24) is 14.8 Å². The average molecular weight is 344 g/mol. The minimum absolute atomic E-state index is 0.0768. The summed E-state index contributed by atoms with van der Waals surface area (Å²) in [5.41, 5.74) is 2.62. The zero-order valence-corrected chi connectivity index (χ0v) is 15.3. The third-order valence-electron chi connectivity index (χ3n) is 4.17. The van der Waals surface area contributed by atoms with E-state index in [2.05, 4.69) is 15.5 Å². The number of aromatic hydroxyl groups is 1. The predicted octanol–water partition coefficient (Wildman–Crippen LogP) is -0.813. The maximum Gasteiger partial charge on any atom is 0.249 e. The van der Waals surface area contributed by atoms with Crippen molar-refractivity contribution in [1.29, 1.82) is 0 Å². The number of nitrogens with zero attached hydrogens (tertiary/aromatic N) is 3. The monoisotopic (exact) mass is 344 g/mol. The van der Waals surface area contributed by atoms with Gasteiger partial charge in [0.05, 0.1) is 5.69 Å². The Morgan fingerprint density at radius 3 is 2.31 bits per heavy atom. The van der Waals surface area contributed by atoms with E-state index in [1.165, 1.54) is 0 Å². The Labute approximate surface area is 154 Å². The van der Waals surface area contributed by atoms with Crippen LogP contribution in [0.5, 0.6) is 5.75 Å². The molecule has 0 spiro atoms. The van der Waals surface area contributed by atoms with Gasteiger partial charge >= 0.3 is 0 Å². The SMILES string of the molecule is BC(B)(B)n1ccc(-c2ccc(-c3ccc(NC)nn3)c(O)c2)cc1=O. The summed E-state index contributed by atoms with van der Waals surface area (Å²) in [6.07, 6.45) is 1.78. The molecule has 2 N–H and O–H groups in total. The van der Waals surface area contributed by atoms with Gasteiger partial charge in [-0.25, -0.2) is 0 Å². The predicted molar refractivity (Wildman–Crippen MR) is 112 cm³/mol. The largest absolute Gasteiger partial charge is 0.507 e. The molecule has 0 bridgehead atoms. The molecule has 0 unspecified atom stereocenters. The summed E-state index contributed by atoms with van der Waals surface area (Å²) in [5.74, 6) is 0.748. The first-order valence-corrected chi connectivity index (χ1v) is 8.38. The van der Waals surface area contributed by atoms with Crippen LogP contribution in [0.2, 0.25) is 0 Å². The lowest BCUT2D eigenvalue weighted by Crippen LogP contribution is -2.42. The normalized spacial score (nSPS) is 11.3. The number of hydrogen-bond acceptors (Lipinski definition) is 5. The molecule has 0 aliphatic rings. The van der Waals surface area contributed by atoms with Crippen molar-refractivity contribution in [3.8, 4) is 28.1 Å². The summed E-state index contributed by atoms with van der Waals surface area (Å²) in [4.78, 5) is 12.4. The van der Waals surface area contributed by atoms with Crippen LogP contribution in [0, 0.1) is 0 Å². The van der Waals surface area contributed by atoms with Gasteiger partial charge in [0.1, 0.15) is 35.1 Å². The molecule has 9 heteroatoms. The van der Waals surface area contributed by atoms with Crippen LogP contribution < -0.4 is 10.9 Å². The van der Waals surface area contributed by atoms with Crippen LogP contribution in [0.1, 0.15) is 0 Å². The second-order valence-electron chi connectivity index (χ2n) is 7.08. The Morgan fingerprint density at radius 2 is 1.77 bits per heavy atom. The molecular formula is C17H19B3N4O2. The van der Waals surface area contributed by atoms with E-state index in [1.807, 2.05) is 35.7 Å². The topological polar surface area (TPSA) is 80.0 Å². The fraction of sp³-hybridized carbons (Fsp3) is 0.118. The van der Waals surface area contributed by atoms with E-state index in [0.717, 1.165) is 11.1 Å². The molecule has 1 aromatic carbocycles. The second-order valence-corrected chi connectivity index (χ2v) is 7.08. The highest BCUT2D eigenvalue weighted by molar-refractivity contribution is 6.56. The van der Waals surface area contributed by atoms with E-state index >= 15 is 0 Å². The zero-order chi connectivity index (χ0) is 18.9. The van der Waals surface area contributed by atoms with E-state index in [4.69, 9.17) is 0 Å². The number of hydrogen-bond donors (Lipinski definition) is 2. The Bertz CT molecular complexity index is 998. The summed E-state index contributed by atoms with van der Waals surface area (Å²) < 4.78 is 1.68. The first-order chi connectivity index (χ1) is 12.3. The molecule has 0 atom stereocenters. The molecule has 2 aromatic heterocycles. The molecule has 0 radical (unpaired) electrons. The quantitative estimate of drug-likeness (QED) is 0.606. The van der Waals surface area contributed by atoms with E-state index in [-0.39, 0.29) is 16.5 Å². The Morgan fingerprint density at radius 1 is 1.04 bits per heavy atom. The molecule has 6 nitrogen and oxygen atoms in total. The minimum Gasteiger partial charge on any atom is -0.507 e. The van der Waals surface area contributed by atoms with Gasteiger partial charge in [-0.15, -0.1) is 10.2 Å². The molecule has 3 aromatic rings. The third-order valence-corrected chi connectivity index (χ3v) is 4.17. The molecule has 128 valence electrons. The van der Waals surface area contributed by atoms with Crippen molar-refractivity contribution in [2.24, 2.45) is 0 Å². The van der Waals surface area contributed by atoms with Crippen molar-refractivity contribution in [3.63, 3.8) is 0 Å². The van der Waals surface area contributed by atoms with Gasteiger partial charge in [-0.3, -0.25) is 4.79 Å². The van der Waals surface area contributed by atoms with Crippen LogP contribution in [-0.4, -0.2) is 50.5 Å². The maximum absolute atomic E-state index is 12.4. The molecule has 3 rings (SSSR count). The Balaban J connectivity index is 1.97. The molecule has 0 saturated carbocycles. The smallest absolute Gasteiger partial charge is 0.249 e. The number of aromatic nitrogens is 3. The van der Waals surface area contributed by atoms with E-state index < -0.39 is 0 Å². The standard InChI is InChI=1S/C17H19B3N4O2/c1-21-15-5-4-13(22-23-15)12-3-2-10(8-14(12)25)11-6-7-24(16(26)9-11)17(18,19)20/h2-9,25H,18-20H2,1H3,(H,21,23). The highest BCUT2D eigenvalue weighted by Crippen LogP contribution is 2.32. The minimum atomic E-state index is -0.278. The maximum atomic E-state index is 12.4. The number of anilines is 1. The number of benzene rings is 1. The van der Waals surface area contributed by atoms with Gasteiger partial charge in [-0.2, -0.15) is 0 Å². The van der Waals surface area contributed by atoms with Gasteiger partial charge in [0.15, 0.2) is 0 Å². The van der Waals surface area contributed by atoms with Gasteiger partial charge in [0.25, 0.3) is 0 Å². The van der Waals surface area contributed by atoms with Crippen LogP contribution in [-0.2, 0) is 5.24 Å². The lowest BCUT2D eigenvalue weighted by atomic mass is 9.49. The highest BCUT2D eigenvalue weighted by atomic mass is 16.3. The van der Waals surface area contributed by atoms with Crippen molar-refractivity contribution < 1.29 is 5.11 Å². The van der Waals surface area contributed by atoms with Crippen molar-refractivity contribution in [2.45, 2.75) is 5.24 Å². The van der Waals surface area contributed by atoms with Crippen molar-refractivity contribution in [2.75, 3.05) is 12.4 Å². The first-order valence-electron chi connectivity index (χ1n) is 8.38. The van der Waals surface area contributed by atoms with Crippen LogP contribution in [0.25, 0.3) is 22.4 Å². The van der Waals surface area contributed by atoms with Gasteiger partial charge in [0.2, 0.25) is 5.56 Å². The third kappa shape index (κ3) is 3.52. The molecule has 0 aliphatic heterocycles. The van der Waals surface area contributed by atoms with E-state index in [1.54, 1.807) is 48.1 Å². The molecule has 26 heavy (non-hydrogen) atoms. The van der Waals surface area contributed by atoms with Gasteiger partial charge in [-0.1, -0.05) is 6.07 Å². The molecule has 0 amide bonds. The van der Waals surface area contributed by atoms with Gasteiger partial charge < -0.3 is 15.0 Å². The van der Waals surface area contributed by atoms with Gasteiger partial charge in [0, 0.05) is 24.9 Å². The molecule has 0 saturated heterocycles. The number of rotatable bonds is 4. The van der Waals surface area contributed by atoms with E-state index in [0.29, 0.717) is 17.1 Å². The summed E-state index contributed by atoms with van der Waals surface area (Å²) in [7, 11) is 7.71. The lowest BCUT2D eigenvalue weighted by molar-refractivity contribution is 0.477. The van der Waals surface area contributed by atoms with Crippen LogP contribution in [0.3, 0.4) is 0 Å². The average Bonchev–Trinajstić information content (AvgIpc) is 2.60. The number of pyridine rings is 1. The number of phenolic OH excluding ortho intramolecular Hbond substituents is 1. The second kappa shape index (κ2) is 6.75. The van der Waals surface area contributed by atoms with Crippen molar-refractivity contribution in [3.05, 3.63) is 59.0 Å². The fourth-order valence-corrected chi connectivity index (χ4v) is 2.75. The van der Waals surface area contributed by atoms with Crippen LogP contribution >= 0.6 is 0 Å². The number of phenols is 1.